The monoisotopic (exact) mass is 357 g/mol. The Kier molecular flexibility index (Phi) is 5.06. The van der Waals surface area contributed by atoms with Crippen molar-refractivity contribution in [3.63, 3.8) is 0 Å². The highest BCUT2D eigenvalue weighted by atomic mass is 32.1. The first-order chi connectivity index (χ1) is 11.6. The minimum atomic E-state index is -0.145. The van der Waals surface area contributed by atoms with Gasteiger partial charge in [0.2, 0.25) is 0 Å². The van der Waals surface area contributed by atoms with Crippen LogP contribution in [0.4, 0.5) is 5.13 Å². The van der Waals surface area contributed by atoms with Gasteiger partial charge in [-0.15, -0.1) is 22.7 Å². The molecule has 3 aromatic rings. The van der Waals surface area contributed by atoms with E-state index >= 15 is 0 Å². The molecule has 0 radical (unpaired) electrons. The number of thiazole rings is 2. The molecule has 1 N–H and O–H groups in total. The summed E-state index contributed by atoms with van der Waals surface area (Å²) in [5.41, 5.74) is 5.78. The molecule has 2 aromatic heterocycles. The number of nitrogens with one attached hydrogen (secondary N) is 1. The highest BCUT2D eigenvalue weighted by Gasteiger charge is 2.16. The van der Waals surface area contributed by atoms with E-state index < -0.39 is 0 Å². The summed E-state index contributed by atoms with van der Waals surface area (Å²) >= 11 is 2.84. The van der Waals surface area contributed by atoms with Gasteiger partial charge in [0.05, 0.1) is 16.9 Å². The van der Waals surface area contributed by atoms with Crippen molar-refractivity contribution >= 4 is 33.7 Å². The highest BCUT2D eigenvalue weighted by molar-refractivity contribution is 7.16. The van der Waals surface area contributed by atoms with Gasteiger partial charge in [-0.05, 0) is 25.8 Å². The zero-order valence-electron chi connectivity index (χ0n) is 13.9. The van der Waals surface area contributed by atoms with Crippen LogP contribution < -0.4 is 5.32 Å². The number of nitrogens with zero attached hydrogens (tertiary/aromatic N) is 2. The Bertz CT molecular complexity index is 850. The molecule has 0 unspecified atom stereocenters. The number of amides is 1. The molecule has 0 aliphatic heterocycles. The van der Waals surface area contributed by atoms with Crippen molar-refractivity contribution in [1.29, 1.82) is 0 Å². The molecule has 0 fully saturated rings. The van der Waals surface area contributed by atoms with Gasteiger partial charge in [-0.25, -0.2) is 9.97 Å². The molecule has 2 heterocycles. The predicted molar refractivity (Wildman–Crippen MR) is 101 cm³/mol. The van der Waals surface area contributed by atoms with Crippen LogP contribution in [0.3, 0.4) is 0 Å². The van der Waals surface area contributed by atoms with Crippen molar-refractivity contribution < 1.29 is 4.79 Å². The molecule has 24 heavy (non-hydrogen) atoms. The Labute approximate surface area is 149 Å². The smallest absolute Gasteiger partial charge is 0.269 e. The van der Waals surface area contributed by atoms with E-state index in [-0.39, 0.29) is 5.91 Å². The first kappa shape index (κ1) is 16.8. The van der Waals surface area contributed by atoms with E-state index in [1.165, 1.54) is 28.2 Å². The summed E-state index contributed by atoms with van der Waals surface area (Å²) in [6, 6.07) is 8.51. The summed E-state index contributed by atoms with van der Waals surface area (Å²) in [7, 11) is 0. The van der Waals surface area contributed by atoms with Crippen molar-refractivity contribution in [2.45, 2.75) is 33.6 Å². The molecule has 0 aliphatic rings. The predicted octanol–water partition coefficient (Wildman–Crippen LogP) is 5.09. The molecule has 1 amide bonds. The third kappa shape index (κ3) is 3.55. The fraction of sp³-hybridized carbons (Fsp3) is 0.278. The van der Waals surface area contributed by atoms with Gasteiger partial charge in [0.1, 0.15) is 4.88 Å². The number of benzene rings is 1. The van der Waals surface area contributed by atoms with Crippen LogP contribution in [0.15, 0.2) is 29.8 Å². The summed E-state index contributed by atoms with van der Waals surface area (Å²) in [5, 5.41) is 3.51. The van der Waals surface area contributed by atoms with Crippen LogP contribution in [0, 0.1) is 13.8 Å². The number of rotatable bonds is 5. The SMILES string of the molecule is CCCc1ccc(-c2nc(NC(=O)c3scnc3C)sc2C)cc1. The molecule has 0 spiro atoms. The topological polar surface area (TPSA) is 54.9 Å². The molecule has 3 rings (SSSR count). The lowest BCUT2D eigenvalue weighted by Gasteiger charge is -2.02. The zero-order valence-corrected chi connectivity index (χ0v) is 15.6. The van der Waals surface area contributed by atoms with Gasteiger partial charge in [0, 0.05) is 10.4 Å². The summed E-state index contributed by atoms with van der Waals surface area (Å²) in [4.78, 5) is 22.7. The summed E-state index contributed by atoms with van der Waals surface area (Å²) in [6.45, 7) is 6.04. The van der Waals surface area contributed by atoms with E-state index in [4.69, 9.17) is 0 Å². The average molecular weight is 358 g/mol. The molecule has 0 atom stereocenters. The molecule has 0 bridgehead atoms. The van der Waals surface area contributed by atoms with Crippen LogP contribution in [-0.4, -0.2) is 15.9 Å². The van der Waals surface area contributed by atoms with Crippen molar-refractivity contribution in [2.75, 3.05) is 5.32 Å². The Morgan fingerprint density at radius 3 is 2.58 bits per heavy atom. The number of carbonyl (C=O) groups is 1. The van der Waals surface area contributed by atoms with E-state index in [0.29, 0.717) is 10.0 Å². The minimum Gasteiger partial charge on any atom is -0.297 e. The van der Waals surface area contributed by atoms with Crippen molar-refractivity contribution in [2.24, 2.45) is 0 Å². The Morgan fingerprint density at radius 2 is 1.96 bits per heavy atom. The zero-order chi connectivity index (χ0) is 17.1. The van der Waals surface area contributed by atoms with Crippen molar-refractivity contribution in [3.8, 4) is 11.3 Å². The summed E-state index contributed by atoms with van der Waals surface area (Å²) < 4.78 is 0. The van der Waals surface area contributed by atoms with E-state index in [0.717, 1.165) is 34.7 Å². The third-order valence-electron chi connectivity index (χ3n) is 3.73. The fourth-order valence-electron chi connectivity index (χ4n) is 2.51. The second-order valence-corrected chi connectivity index (χ2v) is 7.65. The van der Waals surface area contributed by atoms with E-state index in [1.807, 2.05) is 13.8 Å². The van der Waals surface area contributed by atoms with Crippen molar-refractivity contribution in [3.05, 3.63) is 50.8 Å². The van der Waals surface area contributed by atoms with E-state index in [1.54, 1.807) is 5.51 Å². The quantitative estimate of drug-likeness (QED) is 0.692. The van der Waals surface area contributed by atoms with Crippen LogP contribution >= 0.6 is 22.7 Å². The normalized spacial score (nSPS) is 10.8. The Morgan fingerprint density at radius 1 is 1.21 bits per heavy atom. The van der Waals surface area contributed by atoms with E-state index in [9.17, 15) is 4.79 Å². The molecular formula is C18H19N3OS2. The standard InChI is InChI=1S/C18H19N3OS2/c1-4-5-13-6-8-14(9-7-13)15-12(3)24-18(20-15)21-17(22)16-11(2)19-10-23-16/h6-10H,4-5H2,1-3H3,(H,20,21,22). The fourth-order valence-corrected chi connectivity index (χ4v) is 4.04. The number of aromatic nitrogens is 2. The van der Waals surface area contributed by atoms with E-state index in [2.05, 4.69) is 46.5 Å². The van der Waals surface area contributed by atoms with Gasteiger partial charge < -0.3 is 0 Å². The summed E-state index contributed by atoms with van der Waals surface area (Å²) in [6.07, 6.45) is 2.23. The number of anilines is 1. The van der Waals surface area contributed by atoms with Crippen molar-refractivity contribution in [1.82, 2.24) is 9.97 Å². The molecule has 0 saturated heterocycles. The molecule has 0 saturated carbocycles. The molecule has 4 nitrogen and oxygen atoms in total. The van der Waals surface area contributed by atoms with Crippen LogP contribution in [0.25, 0.3) is 11.3 Å². The van der Waals surface area contributed by atoms with Gasteiger partial charge >= 0.3 is 0 Å². The lowest BCUT2D eigenvalue weighted by atomic mass is 10.1. The van der Waals surface area contributed by atoms with Gasteiger partial charge in [0.15, 0.2) is 5.13 Å². The Balaban J connectivity index is 1.80. The second kappa shape index (κ2) is 7.23. The lowest BCUT2D eigenvalue weighted by molar-refractivity contribution is 0.103. The third-order valence-corrected chi connectivity index (χ3v) is 5.55. The van der Waals surface area contributed by atoms with Crippen LogP contribution in [0.1, 0.15) is 39.2 Å². The number of carbonyl (C=O) groups excluding carboxylic acids is 1. The largest absolute Gasteiger partial charge is 0.297 e. The van der Waals surface area contributed by atoms with Gasteiger partial charge in [-0.2, -0.15) is 0 Å². The van der Waals surface area contributed by atoms with Gasteiger partial charge in [-0.1, -0.05) is 37.6 Å². The lowest BCUT2D eigenvalue weighted by Crippen LogP contribution is -2.11. The Hall–Kier alpha value is -2.05. The van der Waals surface area contributed by atoms with Gasteiger partial charge in [0.25, 0.3) is 5.91 Å². The minimum absolute atomic E-state index is 0.145. The molecule has 6 heteroatoms. The van der Waals surface area contributed by atoms with Crippen LogP contribution in [0.2, 0.25) is 0 Å². The molecule has 0 aliphatic carbocycles. The first-order valence-electron chi connectivity index (χ1n) is 7.86. The molecule has 1 aromatic carbocycles. The summed E-state index contributed by atoms with van der Waals surface area (Å²) in [5.74, 6) is -0.145. The maximum atomic E-state index is 12.3. The molecular weight excluding hydrogens is 338 g/mol. The van der Waals surface area contributed by atoms with Crippen LogP contribution in [0.5, 0.6) is 0 Å². The molecule has 124 valence electrons. The second-order valence-electron chi connectivity index (χ2n) is 5.59. The maximum absolute atomic E-state index is 12.3. The van der Waals surface area contributed by atoms with Gasteiger partial charge in [-0.3, -0.25) is 10.1 Å². The number of hydrogen-bond donors (Lipinski definition) is 1. The first-order valence-corrected chi connectivity index (χ1v) is 9.56. The average Bonchev–Trinajstić information content (AvgIpc) is 3.14. The highest BCUT2D eigenvalue weighted by Crippen LogP contribution is 2.31. The number of hydrogen-bond acceptors (Lipinski definition) is 5. The maximum Gasteiger partial charge on any atom is 0.269 e. The van der Waals surface area contributed by atoms with Crippen LogP contribution in [-0.2, 0) is 6.42 Å². The number of aryl methyl sites for hydroxylation is 3.